The van der Waals surface area contributed by atoms with Crippen LogP contribution in [0.5, 0.6) is 5.75 Å². The molecule has 3 aromatic rings. The number of aryl methyl sites for hydroxylation is 1. The SMILES string of the molecule is Cc1cc(S(=O)(=O)Nc2ccccc2)ccc1OCC(=O)N1c2ccccc2CC1C. The zero-order valence-corrected chi connectivity index (χ0v) is 18.2. The first-order valence-electron chi connectivity index (χ1n) is 10.1. The van der Waals surface area contributed by atoms with Crippen LogP contribution in [0.1, 0.15) is 18.1 Å². The molecule has 1 heterocycles. The fourth-order valence-electron chi connectivity index (χ4n) is 3.83. The zero-order valence-electron chi connectivity index (χ0n) is 17.4. The fourth-order valence-corrected chi connectivity index (χ4v) is 4.97. The lowest BCUT2D eigenvalue weighted by atomic mass is 10.1. The third-order valence-corrected chi connectivity index (χ3v) is 6.69. The van der Waals surface area contributed by atoms with E-state index in [9.17, 15) is 13.2 Å². The van der Waals surface area contributed by atoms with Crippen molar-refractivity contribution in [1.29, 1.82) is 0 Å². The van der Waals surface area contributed by atoms with Gasteiger partial charge in [-0.1, -0.05) is 36.4 Å². The van der Waals surface area contributed by atoms with Gasteiger partial charge in [0.2, 0.25) is 0 Å². The lowest BCUT2D eigenvalue weighted by Crippen LogP contribution is -2.39. The Kier molecular flexibility index (Phi) is 5.69. The average Bonchev–Trinajstić information content (AvgIpc) is 3.08. The van der Waals surface area contributed by atoms with Gasteiger partial charge in [-0.15, -0.1) is 0 Å². The Hall–Kier alpha value is -3.32. The van der Waals surface area contributed by atoms with Crippen LogP contribution in [0.25, 0.3) is 0 Å². The number of amides is 1. The van der Waals surface area contributed by atoms with Crippen LogP contribution in [0.3, 0.4) is 0 Å². The molecule has 1 aliphatic rings. The van der Waals surface area contributed by atoms with Crippen molar-refractivity contribution < 1.29 is 17.9 Å². The lowest BCUT2D eigenvalue weighted by molar-refractivity contribution is -0.120. The van der Waals surface area contributed by atoms with Gasteiger partial charge in [0.25, 0.3) is 15.9 Å². The summed E-state index contributed by atoms with van der Waals surface area (Å²) in [7, 11) is -3.72. The number of sulfonamides is 1. The molecule has 0 aromatic heterocycles. The summed E-state index contributed by atoms with van der Waals surface area (Å²) in [5, 5.41) is 0. The van der Waals surface area contributed by atoms with E-state index in [0.717, 1.165) is 17.7 Å². The maximum atomic E-state index is 12.8. The van der Waals surface area contributed by atoms with E-state index in [-0.39, 0.29) is 23.5 Å². The topological polar surface area (TPSA) is 75.7 Å². The largest absolute Gasteiger partial charge is 0.483 e. The third-order valence-electron chi connectivity index (χ3n) is 5.31. The average molecular weight is 437 g/mol. The summed E-state index contributed by atoms with van der Waals surface area (Å²) in [5.41, 5.74) is 3.21. The molecule has 1 amide bonds. The Morgan fingerprint density at radius 1 is 1.06 bits per heavy atom. The minimum atomic E-state index is -3.72. The summed E-state index contributed by atoms with van der Waals surface area (Å²) >= 11 is 0. The van der Waals surface area contributed by atoms with Crippen molar-refractivity contribution >= 4 is 27.3 Å². The monoisotopic (exact) mass is 436 g/mol. The number of benzene rings is 3. The maximum Gasteiger partial charge on any atom is 0.265 e. The molecule has 4 rings (SSSR count). The van der Waals surface area contributed by atoms with Gasteiger partial charge in [-0.2, -0.15) is 0 Å². The van der Waals surface area contributed by atoms with Crippen LogP contribution in [0, 0.1) is 6.92 Å². The molecule has 1 N–H and O–H groups in total. The molecular formula is C24H24N2O4S. The molecule has 160 valence electrons. The van der Waals surface area contributed by atoms with E-state index in [0.29, 0.717) is 17.0 Å². The summed E-state index contributed by atoms with van der Waals surface area (Å²) < 4.78 is 33.6. The molecule has 7 heteroatoms. The number of fused-ring (bicyclic) bond motifs is 1. The number of hydrogen-bond acceptors (Lipinski definition) is 4. The number of para-hydroxylation sites is 2. The van der Waals surface area contributed by atoms with E-state index < -0.39 is 10.0 Å². The van der Waals surface area contributed by atoms with Crippen molar-refractivity contribution in [1.82, 2.24) is 0 Å². The molecule has 31 heavy (non-hydrogen) atoms. The van der Waals surface area contributed by atoms with Crippen molar-refractivity contribution in [3.63, 3.8) is 0 Å². The highest BCUT2D eigenvalue weighted by Crippen LogP contribution is 2.32. The van der Waals surface area contributed by atoms with Gasteiger partial charge in [0, 0.05) is 17.4 Å². The van der Waals surface area contributed by atoms with Crippen LogP contribution in [0.2, 0.25) is 0 Å². The number of nitrogens with zero attached hydrogens (tertiary/aromatic N) is 1. The molecule has 0 bridgehead atoms. The number of carbonyl (C=O) groups is 1. The zero-order chi connectivity index (χ0) is 22.0. The first-order chi connectivity index (χ1) is 14.8. The molecule has 3 aromatic carbocycles. The van der Waals surface area contributed by atoms with E-state index in [2.05, 4.69) is 4.72 Å². The van der Waals surface area contributed by atoms with Gasteiger partial charge in [0.15, 0.2) is 6.61 Å². The number of hydrogen-bond donors (Lipinski definition) is 1. The summed E-state index contributed by atoms with van der Waals surface area (Å²) in [6.45, 7) is 3.66. The Morgan fingerprint density at radius 2 is 1.77 bits per heavy atom. The van der Waals surface area contributed by atoms with Gasteiger partial charge in [0.1, 0.15) is 5.75 Å². The first kappa shape index (κ1) is 20.9. The molecule has 1 unspecified atom stereocenters. The molecule has 1 aliphatic heterocycles. The van der Waals surface area contributed by atoms with E-state index in [1.807, 2.05) is 37.3 Å². The quantitative estimate of drug-likeness (QED) is 0.630. The van der Waals surface area contributed by atoms with E-state index in [1.165, 1.54) is 6.07 Å². The minimum Gasteiger partial charge on any atom is -0.483 e. The number of anilines is 2. The highest BCUT2D eigenvalue weighted by molar-refractivity contribution is 7.92. The molecule has 6 nitrogen and oxygen atoms in total. The van der Waals surface area contributed by atoms with E-state index >= 15 is 0 Å². The van der Waals surface area contributed by atoms with Crippen molar-refractivity contribution in [2.75, 3.05) is 16.2 Å². The minimum absolute atomic E-state index is 0.0752. The lowest BCUT2D eigenvalue weighted by Gasteiger charge is -2.23. The second-order valence-electron chi connectivity index (χ2n) is 7.63. The summed E-state index contributed by atoms with van der Waals surface area (Å²) in [6.07, 6.45) is 0.821. The second-order valence-corrected chi connectivity index (χ2v) is 9.32. The molecular weight excluding hydrogens is 412 g/mol. The van der Waals surface area contributed by atoms with Crippen LogP contribution in [0.4, 0.5) is 11.4 Å². The first-order valence-corrected chi connectivity index (χ1v) is 11.5. The van der Waals surface area contributed by atoms with Crippen LogP contribution in [-0.2, 0) is 21.2 Å². The predicted molar refractivity (Wildman–Crippen MR) is 121 cm³/mol. The Labute approximate surface area is 182 Å². The number of rotatable bonds is 6. The van der Waals surface area contributed by atoms with Crippen LogP contribution in [0.15, 0.2) is 77.7 Å². The van der Waals surface area contributed by atoms with Crippen LogP contribution in [-0.4, -0.2) is 27.0 Å². The standard InChI is InChI=1S/C24H24N2O4S/c1-17-14-21(31(28,29)25-20-9-4-3-5-10-20)12-13-23(17)30-16-24(27)26-18(2)15-19-8-6-7-11-22(19)26/h3-14,18,25H,15-16H2,1-2H3. The maximum absolute atomic E-state index is 12.8. The smallest absolute Gasteiger partial charge is 0.265 e. The third kappa shape index (κ3) is 4.41. The predicted octanol–water partition coefficient (Wildman–Crippen LogP) is 4.15. The van der Waals surface area contributed by atoms with Gasteiger partial charge < -0.3 is 9.64 Å². The molecule has 0 fully saturated rings. The highest BCUT2D eigenvalue weighted by Gasteiger charge is 2.30. The molecule has 0 saturated carbocycles. The van der Waals surface area contributed by atoms with Gasteiger partial charge in [-0.05, 0) is 67.8 Å². The number of ether oxygens (including phenoxy) is 1. The summed E-state index contributed by atoms with van der Waals surface area (Å²) in [4.78, 5) is 14.7. The summed E-state index contributed by atoms with van der Waals surface area (Å²) in [6, 6.07) is 21.3. The van der Waals surface area contributed by atoms with Gasteiger partial charge in [0.05, 0.1) is 4.90 Å². The Morgan fingerprint density at radius 3 is 2.52 bits per heavy atom. The van der Waals surface area contributed by atoms with Crippen LogP contribution < -0.4 is 14.4 Å². The Bertz CT molecular complexity index is 1210. The van der Waals surface area contributed by atoms with E-state index in [4.69, 9.17) is 4.74 Å². The summed E-state index contributed by atoms with van der Waals surface area (Å²) in [5.74, 6) is 0.353. The van der Waals surface area contributed by atoms with Crippen molar-refractivity contribution in [2.24, 2.45) is 0 Å². The second kappa shape index (κ2) is 8.43. The Balaban J connectivity index is 1.45. The molecule has 0 saturated heterocycles. The van der Waals surface area contributed by atoms with Gasteiger partial charge in [-0.25, -0.2) is 8.42 Å². The molecule has 1 atom stereocenters. The molecule has 0 aliphatic carbocycles. The van der Waals surface area contributed by atoms with Crippen molar-refractivity contribution in [2.45, 2.75) is 31.2 Å². The van der Waals surface area contributed by atoms with Gasteiger partial charge >= 0.3 is 0 Å². The highest BCUT2D eigenvalue weighted by atomic mass is 32.2. The molecule has 0 radical (unpaired) electrons. The van der Waals surface area contributed by atoms with Crippen molar-refractivity contribution in [3.05, 3.63) is 83.9 Å². The normalized spacial score (nSPS) is 15.4. The fraction of sp³-hybridized carbons (Fsp3) is 0.208. The van der Waals surface area contributed by atoms with E-state index in [1.54, 1.807) is 48.2 Å². The van der Waals surface area contributed by atoms with Crippen molar-refractivity contribution in [3.8, 4) is 5.75 Å². The van der Waals surface area contributed by atoms with Crippen LogP contribution >= 0.6 is 0 Å². The van der Waals surface area contributed by atoms with Gasteiger partial charge in [-0.3, -0.25) is 9.52 Å². The number of carbonyl (C=O) groups excluding carboxylic acids is 1. The number of nitrogens with one attached hydrogen (secondary N) is 1. The molecule has 0 spiro atoms.